The molecule has 0 fully saturated rings. The van der Waals surface area contributed by atoms with Gasteiger partial charge in [-0.05, 0) is 53.3 Å². The van der Waals surface area contributed by atoms with E-state index >= 15 is 0 Å². The van der Waals surface area contributed by atoms with Crippen LogP contribution in [0.5, 0.6) is 0 Å². The van der Waals surface area contributed by atoms with Crippen LogP contribution in [0.4, 0.5) is 14.6 Å². The number of nitrogen functional groups attached to an aromatic ring is 1. The zero-order valence-electron chi connectivity index (χ0n) is 18.6. The molecule has 8 nitrogen and oxygen atoms in total. The molecule has 1 aromatic heterocycles. The largest absolute Gasteiger partial charge is 0.383 e. The van der Waals surface area contributed by atoms with Crippen molar-refractivity contribution in [2.24, 2.45) is 5.92 Å². The van der Waals surface area contributed by atoms with Gasteiger partial charge in [-0.2, -0.15) is 0 Å². The summed E-state index contributed by atoms with van der Waals surface area (Å²) in [5.74, 6) is -3.56. The fraction of sp³-hybridized carbons (Fsp3) is 0.200. The Morgan fingerprint density at radius 3 is 2.60 bits per heavy atom. The lowest BCUT2D eigenvalue weighted by atomic mass is 9.92. The second kappa shape index (κ2) is 10.3. The second-order valence-electron chi connectivity index (χ2n) is 8.24. The van der Waals surface area contributed by atoms with Gasteiger partial charge in [0.2, 0.25) is 11.8 Å². The first kappa shape index (κ1) is 23.8. The Morgan fingerprint density at radius 2 is 1.86 bits per heavy atom. The molecule has 0 aliphatic carbocycles. The van der Waals surface area contributed by atoms with E-state index in [4.69, 9.17) is 5.73 Å². The maximum Gasteiger partial charge on any atom is 0.242 e. The summed E-state index contributed by atoms with van der Waals surface area (Å²) in [7, 11) is 0. The van der Waals surface area contributed by atoms with E-state index in [2.05, 4.69) is 21.2 Å². The zero-order valence-corrected chi connectivity index (χ0v) is 18.6. The minimum absolute atomic E-state index is 0.0222. The number of pyridine rings is 1. The molecular formula is C25H23F2N5O3. The van der Waals surface area contributed by atoms with E-state index in [0.717, 1.165) is 28.5 Å². The number of hydrogen-bond donors (Lipinski definition) is 4. The summed E-state index contributed by atoms with van der Waals surface area (Å²) in [5.41, 5.74) is 12.1. The molecule has 2 heterocycles. The minimum atomic E-state index is -1.03. The minimum Gasteiger partial charge on any atom is -0.383 e. The number of nitrogens with zero attached hydrogens (tertiary/aromatic N) is 1. The van der Waals surface area contributed by atoms with Crippen molar-refractivity contribution in [2.45, 2.75) is 25.8 Å². The van der Waals surface area contributed by atoms with Gasteiger partial charge in [0.25, 0.3) is 0 Å². The van der Waals surface area contributed by atoms with Crippen LogP contribution in [-0.4, -0.2) is 22.6 Å². The number of rotatable bonds is 8. The van der Waals surface area contributed by atoms with Gasteiger partial charge in [0, 0.05) is 36.9 Å². The Hall–Kier alpha value is -4.34. The number of fused-ring (bicyclic) bond motifs is 1. The van der Waals surface area contributed by atoms with E-state index in [1.54, 1.807) is 6.20 Å². The predicted octanol–water partition coefficient (Wildman–Crippen LogP) is 2.44. The van der Waals surface area contributed by atoms with E-state index < -0.39 is 23.5 Å². The van der Waals surface area contributed by atoms with Crippen LogP contribution in [0, 0.1) is 17.6 Å². The molecule has 0 saturated carbocycles. The Kier molecular flexibility index (Phi) is 7.00. The molecule has 2 amide bonds. The molecule has 180 valence electrons. The topological polar surface area (TPSA) is 126 Å². The summed E-state index contributed by atoms with van der Waals surface area (Å²) < 4.78 is 27.1. The van der Waals surface area contributed by atoms with Gasteiger partial charge in [-0.15, -0.1) is 0 Å². The molecule has 10 heteroatoms. The fourth-order valence-electron chi connectivity index (χ4n) is 3.85. The highest BCUT2D eigenvalue weighted by atomic mass is 19.2. The lowest BCUT2D eigenvalue weighted by molar-refractivity contribution is -0.129. The average molecular weight is 479 g/mol. The Bertz CT molecular complexity index is 1340. The number of hydrogen-bond acceptors (Lipinski definition) is 6. The van der Waals surface area contributed by atoms with Crippen molar-refractivity contribution >= 4 is 34.2 Å². The van der Waals surface area contributed by atoms with E-state index in [1.165, 1.54) is 12.1 Å². The molecule has 1 atom stereocenters. The molecular weight excluding hydrogens is 456 g/mol. The maximum absolute atomic E-state index is 13.7. The molecule has 0 radical (unpaired) electrons. The Morgan fingerprint density at radius 1 is 1.06 bits per heavy atom. The van der Waals surface area contributed by atoms with Crippen LogP contribution < -0.4 is 21.9 Å². The number of allylic oxidation sites excluding steroid dienone is 1. The molecule has 0 bridgehead atoms. The SMILES string of the molecule is Nc1nccc2cc(CNC(=O)[C@@H](CC(=O)C3=CCC(=O)NN3)Cc3ccc(F)c(F)c3)ccc12. The molecule has 5 N–H and O–H groups in total. The van der Waals surface area contributed by atoms with Crippen LogP contribution in [0.15, 0.2) is 60.4 Å². The van der Waals surface area contributed by atoms with Crippen molar-refractivity contribution in [3.8, 4) is 0 Å². The number of nitrogens with two attached hydrogens (primary N) is 1. The van der Waals surface area contributed by atoms with Crippen LogP contribution in [0.25, 0.3) is 10.8 Å². The molecule has 4 rings (SSSR count). The third kappa shape index (κ3) is 5.78. The van der Waals surface area contributed by atoms with Gasteiger partial charge in [0.1, 0.15) is 5.82 Å². The molecule has 3 aromatic rings. The molecule has 0 spiro atoms. The number of halogens is 2. The normalized spacial score (nSPS) is 14.0. The maximum atomic E-state index is 13.7. The Labute approximate surface area is 199 Å². The average Bonchev–Trinajstić information content (AvgIpc) is 2.85. The summed E-state index contributed by atoms with van der Waals surface area (Å²) in [6.07, 6.45) is 2.91. The van der Waals surface area contributed by atoms with Crippen LogP contribution in [0.2, 0.25) is 0 Å². The number of ketones is 1. The number of aromatic nitrogens is 1. The van der Waals surface area contributed by atoms with Gasteiger partial charge in [-0.3, -0.25) is 25.2 Å². The first-order valence-corrected chi connectivity index (χ1v) is 10.9. The van der Waals surface area contributed by atoms with Gasteiger partial charge >= 0.3 is 0 Å². The van der Waals surface area contributed by atoms with E-state index in [-0.39, 0.29) is 43.2 Å². The van der Waals surface area contributed by atoms with Crippen molar-refractivity contribution in [3.63, 3.8) is 0 Å². The van der Waals surface area contributed by atoms with Crippen molar-refractivity contribution in [1.29, 1.82) is 0 Å². The van der Waals surface area contributed by atoms with Crippen LogP contribution >= 0.6 is 0 Å². The van der Waals surface area contributed by atoms with Crippen LogP contribution in [-0.2, 0) is 27.3 Å². The number of carbonyl (C=O) groups is 3. The van der Waals surface area contributed by atoms with Gasteiger partial charge < -0.3 is 11.1 Å². The quantitative estimate of drug-likeness (QED) is 0.393. The molecule has 1 aliphatic rings. The fourth-order valence-corrected chi connectivity index (χ4v) is 3.85. The number of carbonyl (C=O) groups excluding carboxylic acids is 3. The smallest absolute Gasteiger partial charge is 0.242 e. The second-order valence-corrected chi connectivity index (χ2v) is 8.24. The number of nitrogens with one attached hydrogen (secondary N) is 3. The first-order valence-electron chi connectivity index (χ1n) is 10.9. The van der Waals surface area contributed by atoms with Gasteiger partial charge in [-0.25, -0.2) is 13.8 Å². The number of benzene rings is 2. The summed E-state index contributed by atoms with van der Waals surface area (Å²) in [4.78, 5) is 41.2. The summed E-state index contributed by atoms with van der Waals surface area (Å²) in [6.45, 7) is 0.191. The number of amides is 2. The number of hydrazine groups is 1. The lowest BCUT2D eigenvalue weighted by Gasteiger charge is -2.20. The molecule has 0 saturated heterocycles. The lowest BCUT2D eigenvalue weighted by Crippen LogP contribution is -2.43. The highest BCUT2D eigenvalue weighted by molar-refractivity contribution is 5.99. The molecule has 0 unspecified atom stereocenters. The van der Waals surface area contributed by atoms with E-state index in [0.29, 0.717) is 11.4 Å². The highest BCUT2D eigenvalue weighted by Gasteiger charge is 2.26. The zero-order chi connectivity index (χ0) is 24.9. The van der Waals surface area contributed by atoms with Crippen molar-refractivity contribution in [3.05, 3.63) is 83.2 Å². The molecule has 1 aliphatic heterocycles. The number of anilines is 1. The summed E-state index contributed by atoms with van der Waals surface area (Å²) in [6, 6.07) is 10.7. The van der Waals surface area contributed by atoms with Crippen LogP contribution in [0.1, 0.15) is 24.0 Å². The van der Waals surface area contributed by atoms with Crippen molar-refractivity contribution < 1.29 is 23.2 Å². The molecule has 35 heavy (non-hydrogen) atoms. The third-order valence-electron chi connectivity index (χ3n) is 5.72. The van der Waals surface area contributed by atoms with Crippen molar-refractivity contribution in [1.82, 2.24) is 21.2 Å². The number of Topliss-reactive ketones (excluding diaryl/α,β-unsaturated/α-hetero) is 1. The molecule has 2 aromatic carbocycles. The highest BCUT2D eigenvalue weighted by Crippen LogP contribution is 2.21. The van der Waals surface area contributed by atoms with Gasteiger partial charge in [0.15, 0.2) is 17.4 Å². The van der Waals surface area contributed by atoms with Crippen LogP contribution in [0.3, 0.4) is 0 Å². The Balaban J connectivity index is 1.49. The first-order chi connectivity index (χ1) is 16.8. The van der Waals surface area contributed by atoms with Crippen molar-refractivity contribution in [2.75, 3.05) is 5.73 Å². The third-order valence-corrected chi connectivity index (χ3v) is 5.72. The van der Waals surface area contributed by atoms with Gasteiger partial charge in [0.05, 0.1) is 5.70 Å². The summed E-state index contributed by atoms with van der Waals surface area (Å²) >= 11 is 0. The van der Waals surface area contributed by atoms with E-state index in [9.17, 15) is 23.2 Å². The predicted molar refractivity (Wildman–Crippen MR) is 125 cm³/mol. The monoisotopic (exact) mass is 479 g/mol. The summed E-state index contributed by atoms with van der Waals surface area (Å²) in [5, 5.41) is 4.49. The van der Waals surface area contributed by atoms with Gasteiger partial charge in [-0.1, -0.05) is 18.2 Å². The van der Waals surface area contributed by atoms with E-state index in [1.807, 2.05) is 24.3 Å². The standard InChI is InChI=1S/C25H23F2N5O3/c26-19-4-2-14(11-20(19)27)9-17(12-22(33)21-5-6-23(34)32-31-21)25(35)30-13-15-1-3-18-16(10-15)7-8-29-24(18)28/h1-5,7-8,10-11,17,31H,6,9,12-13H2,(H2,28,29)(H,30,35)(H,32,34)/t17-/m1/s1.